The van der Waals surface area contributed by atoms with Gasteiger partial charge in [0.25, 0.3) is 5.69 Å². The zero-order chi connectivity index (χ0) is 10.1. The van der Waals surface area contributed by atoms with E-state index in [2.05, 4.69) is 5.10 Å². The number of benzene rings is 1. The molecule has 0 saturated heterocycles. The number of hydrogen-bond acceptors (Lipinski definition) is 4. The number of non-ortho nitro benzene ring substituents is 1. The Balaban J connectivity index is 2.63. The summed E-state index contributed by atoms with van der Waals surface area (Å²) in [7, 11) is 0. The molecule has 1 N–H and O–H groups in total. The fraction of sp³-hybridized carbons (Fsp3) is 0.125. The molecule has 1 heterocycles. The summed E-state index contributed by atoms with van der Waals surface area (Å²) in [6, 6.07) is 4.38. The lowest BCUT2D eigenvalue weighted by Crippen LogP contribution is -1.97. The smallest absolute Gasteiger partial charge is 0.270 e. The number of aliphatic hydroxyl groups excluding tert-OH is 1. The van der Waals surface area contributed by atoms with Gasteiger partial charge in [-0.3, -0.25) is 10.1 Å². The van der Waals surface area contributed by atoms with E-state index in [1.54, 1.807) is 6.07 Å². The normalized spacial score (nSPS) is 10.6. The third kappa shape index (κ3) is 1.21. The van der Waals surface area contributed by atoms with Crippen molar-refractivity contribution in [3.05, 3.63) is 34.5 Å². The first-order valence-corrected chi connectivity index (χ1v) is 3.93. The lowest BCUT2D eigenvalue weighted by Gasteiger charge is -1.96. The average molecular weight is 193 g/mol. The molecule has 2 rings (SSSR count). The quantitative estimate of drug-likeness (QED) is 0.567. The maximum absolute atomic E-state index is 10.4. The molecule has 6 heteroatoms. The maximum Gasteiger partial charge on any atom is 0.270 e. The van der Waals surface area contributed by atoms with Crippen LogP contribution in [0.1, 0.15) is 0 Å². The highest BCUT2D eigenvalue weighted by molar-refractivity contribution is 5.80. The molecular formula is C8H7N3O3. The zero-order valence-electron chi connectivity index (χ0n) is 7.12. The Morgan fingerprint density at radius 2 is 2.36 bits per heavy atom. The number of hydrogen-bond donors (Lipinski definition) is 1. The van der Waals surface area contributed by atoms with E-state index in [0.29, 0.717) is 10.9 Å². The Bertz CT molecular complexity index is 492. The van der Waals surface area contributed by atoms with Gasteiger partial charge in [0, 0.05) is 17.5 Å². The molecule has 0 atom stereocenters. The zero-order valence-corrected chi connectivity index (χ0v) is 7.12. The van der Waals surface area contributed by atoms with Crippen molar-refractivity contribution in [2.75, 3.05) is 0 Å². The van der Waals surface area contributed by atoms with Crippen LogP contribution in [0.5, 0.6) is 0 Å². The molecule has 0 spiro atoms. The van der Waals surface area contributed by atoms with Crippen molar-refractivity contribution in [3.63, 3.8) is 0 Å². The Kier molecular flexibility index (Phi) is 1.90. The third-order valence-corrected chi connectivity index (χ3v) is 1.97. The van der Waals surface area contributed by atoms with Crippen molar-refractivity contribution in [3.8, 4) is 0 Å². The molecule has 0 aliphatic rings. The van der Waals surface area contributed by atoms with E-state index in [-0.39, 0.29) is 12.4 Å². The topological polar surface area (TPSA) is 81.2 Å². The van der Waals surface area contributed by atoms with Gasteiger partial charge in [0.2, 0.25) is 0 Å². The standard InChI is InChI=1S/C8H7N3O3/c12-5-10-8-2-1-7(11(13)14)3-6(8)4-9-10/h1-4,12H,5H2. The molecule has 0 unspecified atom stereocenters. The van der Waals surface area contributed by atoms with Gasteiger partial charge in [-0.1, -0.05) is 0 Å². The molecular weight excluding hydrogens is 186 g/mol. The number of nitro benzene ring substituents is 1. The summed E-state index contributed by atoms with van der Waals surface area (Å²) in [4.78, 5) is 9.99. The van der Waals surface area contributed by atoms with E-state index >= 15 is 0 Å². The van der Waals surface area contributed by atoms with Crippen molar-refractivity contribution in [1.29, 1.82) is 0 Å². The molecule has 0 bridgehead atoms. The fourth-order valence-corrected chi connectivity index (χ4v) is 1.30. The van der Waals surface area contributed by atoms with Gasteiger partial charge in [-0.2, -0.15) is 5.10 Å². The molecule has 72 valence electrons. The molecule has 6 nitrogen and oxygen atoms in total. The van der Waals surface area contributed by atoms with Crippen LogP contribution in [0, 0.1) is 10.1 Å². The molecule has 2 aromatic rings. The first kappa shape index (κ1) is 8.64. The SMILES string of the molecule is O=[N+]([O-])c1ccc2c(cnn2CO)c1. The second-order valence-corrected chi connectivity index (χ2v) is 2.79. The van der Waals surface area contributed by atoms with E-state index < -0.39 is 4.92 Å². The van der Waals surface area contributed by atoms with Crippen molar-refractivity contribution in [1.82, 2.24) is 9.78 Å². The van der Waals surface area contributed by atoms with Gasteiger partial charge < -0.3 is 5.11 Å². The molecule has 0 aliphatic carbocycles. The van der Waals surface area contributed by atoms with Gasteiger partial charge in [0.15, 0.2) is 0 Å². The second-order valence-electron chi connectivity index (χ2n) is 2.79. The maximum atomic E-state index is 10.4. The van der Waals surface area contributed by atoms with Crippen LogP contribution in [-0.2, 0) is 6.73 Å². The van der Waals surface area contributed by atoms with E-state index in [1.807, 2.05) is 0 Å². The van der Waals surface area contributed by atoms with E-state index in [4.69, 9.17) is 5.11 Å². The predicted molar refractivity (Wildman–Crippen MR) is 48.6 cm³/mol. The summed E-state index contributed by atoms with van der Waals surface area (Å²) < 4.78 is 1.36. The number of aliphatic hydroxyl groups is 1. The summed E-state index contributed by atoms with van der Waals surface area (Å²) in [5, 5.41) is 23.8. The first-order valence-electron chi connectivity index (χ1n) is 3.93. The molecule has 0 saturated carbocycles. The van der Waals surface area contributed by atoms with Crippen LogP contribution in [0.2, 0.25) is 0 Å². The van der Waals surface area contributed by atoms with Crippen molar-refractivity contribution < 1.29 is 10.0 Å². The molecule has 1 aromatic carbocycles. The Labute approximate surface area is 78.5 Å². The van der Waals surface area contributed by atoms with Gasteiger partial charge in [-0.15, -0.1) is 0 Å². The Morgan fingerprint density at radius 3 is 3.00 bits per heavy atom. The summed E-state index contributed by atoms with van der Waals surface area (Å²) in [5.74, 6) is 0. The summed E-state index contributed by atoms with van der Waals surface area (Å²) >= 11 is 0. The number of nitro groups is 1. The van der Waals surface area contributed by atoms with Crippen LogP contribution in [-0.4, -0.2) is 19.8 Å². The highest BCUT2D eigenvalue weighted by Gasteiger charge is 2.08. The van der Waals surface area contributed by atoms with Gasteiger partial charge in [-0.05, 0) is 6.07 Å². The molecule has 14 heavy (non-hydrogen) atoms. The first-order chi connectivity index (χ1) is 6.72. The number of aromatic nitrogens is 2. The van der Waals surface area contributed by atoms with Crippen LogP contribution < -0.4 is 0 Å². The van der Waals surface area contributed by atoms with E-state index in [0.717, 1.165) is 0 Å². The minimum absolute atomic E-state index is 0.0231. The Hall–Kier alpha value is -1.95. The number of rotatable bonds is 2. The molecule has 0 aliphatic heterocycles. The van der Waals surface area contributed by atoms with Crippen molar-refractivity contribution in [2.45, 2.75) is 6.73 Å². The largest absolute Gasteiger partial charge is 0.374 e. The minimum atomic E-state index is -0.463. The summed E-state index contributed by atoms with van der Waals surface area (Å²) in [5.41, 5.74) is 0.702. The van der Waals surface area contributed by atoms with Crippen LogP contribution in [0.15, 0.2) is 24.4 Å². The summed E-state index contributed by atoms with van der Waals surface area (Å²) in [6.07, 6.45) is 1.48. The number of nitrogens with zero attached hydrogens (tertiary/aromatic N) is 3. The number of fused-ring (bicyclic) bond motifs is 1. The van der Waals surface area contributed by atoms with Gasteiger partial charge in [0.1, 0.15) is 6.73 Å². The molecule has 0 radical (unpaired) electrons. The second kappa shape index (κ2) is 3.08. The monoisotopic (exact) mass is 193 g/mol. The molecule has 1 aromatic heterocycles. The van der Waals surface area contributed by atoms with Gasteiger partial charge in [0.05, 0.1) is 16.6 Å². The predicted octanol–water partition coefficient (Wildman–Crippen LogP) is 0.894. The lowest BCUT2D eigenvalue weighted by atomic mass is 10.2. The minimum Gasteiger partial charge on any atom is -0.374 e. The molecule has 0 amide bonds. The van der Waals surface area contributed by atoms with Crippen LogP contribution in [0.3, 0.4) is 0 Å². The highest BCUT2D eigenvalue weighted by atomic mass is 16.6. The third-order valence-electron chi connectivity index (χ3n) is 1.97. The Morgan fingerprint density at radius 1 is 1.57 bits per heavy atom. The highest BCUT2D eigenvalue weighted by Crippen LogP contribution is 2.19. The fourth-order valence-electron chi connectivity index (χ4n) is 1.30. The van der Waals surface area contributed by atoms with Crippen molar-refractivity contribution >= 4 is 16.6 Å². The summed E-state index contributed by atoms with van der Waals surface area (Å²) in [6.45, 7) is -0.235. The van der Waals surface area contributed by atoms with Crippen LogP contribution in [0.4, 0.5) is 5.69 Å². The van der Waals surface area contributed by atoms with Crippen molar-refractivity contribution in [2.24, 2.45) is 0 Å². The molecule has 0 fully saturated rings. The van der Waals surface area contributed by atoms with Crippen LogP contribution in [0.25, 0.3) is 10.9 Å². The van der Waals surface area contributed by atoms with Gasteiger partial charge >= 0.3 is 0 Å². The van der Waals surface area contributed by atoms with Gasteiger partial charge in [-0.25, -0.2) is 4.68 Å². The average Bonchev–Trinajstić information content (AvgIpc) is 2.59. The lowest BCUT2D eigenvalue weighted by molar-refractivity contribution is -0.384. The van der Waals surface area contributed by atoms with E-state index in [1.165, 1.54) is 23.0 Å². The van der Waals surface area contributed by atoms with E-state index in [9.17, 15) is 10.1 Å². The van der Waals surface area contributed by atoms with Crippen LogP contribution >= 0.6 is 0 Å².